The van der Waals surface area contributed by atoms with Crippen molar-refractivity contribution in [3.8, 4) is 22.5 Å². The molecule has 0 bridgehead atoms. The van der Waals surface area contributed by atoms with E-state index in [1.165, 1.54) is 18.3 Å². The van der Waals surface area contributed by atoms with Crippen LogP contribution in [0, 0.1) is 0 Å². The quantitative estimate of drug-likeness (QED) is 0.442. The number of nitrogens with zero attached hydrogens (tertiary/aromatic N) is 2. The first kappa shape index (κ1) is 18.6. The van der Waals surface area contributed by atoms with Gasteiger partial charge in [0.1, 0.15) is 16.4 Å². The second-order valence-electron chi connectivity index (χ2n) is 6.52. The lowest BCUT2D eigenvalue weighted by Crippen LogP contribution is -2.24. The number of halogens is 1. The first-order chi connectivity index (χ1) is 13.6. The number of thiophene rings is 1. The van der Waals surface area contributed by atoms with Crippen molar-refractivity contribution in [2.45, 2.75) is 19.9 Å². The second kappa shape index (κ2) is 7.70. The minimum atomic E-state index is -0.152. The molecule has 2 heterocycles. The lowest BCUT2D eigenvalue weighted by atomic mass is 10.1. The highest BCUT2D eigenvalue weighted by molar-refractivity contribution is 7.17. The Hall–Kier alpha value is -2.76. The highest BCUT2D eigenvalue weighted by Gasteiger charge is 2.19. The van der Waals surface area contributed by atoms with Crippen LogP contribution < -0.4 is 5.56 Å². The van der Waals surface area contributed by atoms with Crippen LogP contribution in [0.25, 0.3) is 32.7 Å². The van der Waals surface area contributed by atoms with Crippen LogP contribution in [-0.2, 0) is 11.3 Å². The molecule has 28 heavy (non-hydrogen) atoms. The number of benzene rings is 2. The van der Waals surface area contributed by atoms with Gasteiger partial charge in [-0.3, -0.25) is 14.2 Å². The monoisotopic (exact) mass is 408 g/mol. The SMILES string of the molecule is CC(=O)CCn1c(-c2ccccc2Cl)nc2scc(-c3ccccc3)c2c1=O. The second-order valence-corrected chi connectivity index (χ2v) is 7.78. The number of rotatable bonds is 5. The van der Waals surface area contributed by atoms with E-state index >= 15 is 0 Å². The summed E-state index contributed by atoms with van der Waals surface area (Å²) in [5, 5.41) is 3.06. The van der Waals surface area contributed by atoms with Crippen molar-refractivity contribution in [2.75, 3.05) is 0 Å². The summed E-state index contributed by atoms with van der Waals surface area (Å²) in [6.07, 6.45) is 0.259. The molecule has 0 radical (unpaired) electrons. The fourth-order valence-electron chi connectivity index (χ4n) is 3.18. The summed E-state index contributed by atoms with van der Waals surface area (Å²) in [5.74, 6) is 0.511. The fraction of sp³-hybridized carbons (Fsp3) is 0.136. The molecule has 0 amide bonds. The molecule has 4 rings (SSSR count). The highest BCUT2D eigenvalue weighted by Crippen LogP contribution is 2.33. The van der Waals surface area contributed by atoms with Crippen LogP contribution in [0.4, 0.5) is 0 Å². The van der Waals surface area contributed by atoms with Gasteiger partial charge in [-0.1, -0.05) is 54.1 Å². The van der Waals surface area contributed by atoms with Gasteiger partial charge >= 0.3 is 0 Å². The van der Waals surface area contributed by atoms with Crippen LogP contribution in [0.3, 0.4) is 0 Å². The average Bonchev–Trinajstić information content (AvgIpc) is 3.12. The molecule has 2 aromatic carbocycles. The number of hydrogen-bond acceptors (Lipinski definition) is 4. The molecule has 0 spiro atoms. The van der Waals surface area contributed by atoms with E-state index in [1.807, 2.05) is 53.9 Å². The van der Waals surface area contributed by atoms with Gasteiger partial charge in [0.05, 0.1) is 10.4 Å². The van der Waals surface area contributed by atoms with Crippen LogP contribution in [-0.4, -0.2) is 15.3 Å². The molecule has 0 aliphatic carbocycles. The predicted molar refractivity (Wildman–Crippen MR) is 115 cm³/mol. The van der Waals surface area contributed by atoms with E-state index in [9.17, 15) is 9.59 Å². The Balaban J connectivity index is 2.00. The Labute approximate surface area is 171 Å². The van der Waals surface area contributed by atoms with E-state index in [1.54, 1.807) is 10.6 Å². The summed E-state index contributed by atoms with van der Waals surface area (Å²) < 4.78 is 1.57. The summed E-state index contributed by atoms with van der Waals surface area (Å²) in [6.45, 7) is 1.79. The van der Waals surface area contributed by atoms with Gasteiger partial charge in [-0.05, 0) is 24.6 Å². The van der Waals surface area contributed by atoms with Gasteiger partial charge in [0.2, 0.25) is 0 Å². The molecular weight excluding hydrogens is 392 g/mol. The number of carbonyl (C=O) groups excluding carboxylic acids is 1. The third-order valence-electron chi connectivity index (χ3n) is 4.58. The highest BCUT2D eigenvalue weighted by atomic mass is 35.5. The van der Waals surface area contributed by atoms with Crippen LogP contribution in [0.1, 0.15) is 13.3 Å². The molecule has 4 aromatic rings. The number of hydrogen-bond donors (Lipinski definition) is 0. The number of ketones is 1. The van der Waals surface area contributed by atoms with E-state index in [0.29, 0.717) is 26.6 Å². The van der Waals surface area contributed by atoms with Crippen molar-refractivity contribution >= 4 is 38.9 Å². The Morgan fingerprint density at radius 2 is 1.79 bits per heavy atom. The zero-order chi connectivity index (χ0) is 19.7. The normalized spacial score (nSPS) is 11.1. The largest absolute Gasteiger partial charge is 0.300 e. The van der Waals surface area contributed by atoms with Gasteiger partial charge in [-0.2, -0.15) is 0 Å². The summed E-state index contributed by atoms with van der Waals surface area (Å²) in [6, 6.07) is 17.1. The van der Waals surface area contributed by atoms with Gasteiger partial charge in [0.25, 0.3) is 5.56 Å². The van der Waals surface area contributed by atoms with Crippen molar-refractivity contribution in [3.63, 3.8) is 0 Å². The summed E-state index contributed by atoms with van der Waals surface area (Å²) in [4.78, 5) is 30.5. The van der Waals surface area contributed by atoms with E-state index in [0.717, 1.165) is 11.1 Å². The third kappa shape index (κ3) is 3.39. The molecule has 0 aliphatic rings. The molecule has 0 fully saturated rings. The van der Waals surface area contributed by atoms with E-state index in [-0.39, 0.29) is 24.3 Å². The molecule has 0 unspecified atom stereocenters. The van der Waals surface area contributed by atoms with Gasteiger partial charge in [0, 0.05) is 29.5 Å². The third-order valence-corrected chi connectivity index (χ3v) is 5.78. The smallest absolute Gasteiger partial charge is 0.263 e. The maximum atomic E-state index is 13.5. The average molecular weight is 409 g/mol. The molecule has 6 heteroatoms. The lowest BCUT2D eigenvalue weighted by molar-refractivity contribution is -0.117. The maximum Gasteiger partial charge on any atom is 0.263 e. The molecular formula is C22H17ClN2O2S. The van der Waals surface area contributed by atoms with Gasteiger partial charge in [0.15, 0.2) is 0 Å². The Bertz CT molecular complexity index is 1230. The number of carbonyl (C=O) groups is 1. The Morgan fingerprint density at radius 3 is 2.50 bits per heavy atom. The molecule has 0 saturated carbocycles. The van der Waals surface area contributed by atoms with Gasteiger partial charge in [-0.25, -0.2) is 4.98 Å². The Morgan fingerprint density at radius 1 is 1.07 bits per heavy atom. The van der Waals surface area contributed by atoms with Gasteiger partial charge in [-0.15, -0.1) is 11.3 Å². The zero-order valence-electron chi connectivity index (χ0n) is 15.2. The van der Waals surface area contributed by atoms with Crippen LogP contribution in [0.15, 0.2) is 64.8 Å². The van der Waals surface area contributed by atoms with Crippen molar-refractivity contribution in [1.29, 1.82) is 0 Å². The standard InChI is InChI=1S/C22H17ClN2O2S/c1-14(26)11-12-25-20(16-9-5-6-10-18(16)23)24-21-19(22(25)27)17(13-28-21)15-7-3-2-4-8-15/h2-10,13H,11-12H2,1H3. The first-order valence-corrected chi connectivity index (χ1v) is 10.1. The zero-order valence-corrected chi connectivity index (χ0v) is 16.8. The van der Waals surface area contributed by atoms with Gasteiger partial charge < -0.3 is 0 Å². The minimum absolute atomic E-state index is 0.0192. The molecule has 4 nitrogen and oxygen atoms in total. The summed E-state index contributed by atoms with van der Waals surface area (Å²) in [7, 11) is 0. The molecule has 0 aliphatic heterocycles. The minimum Gasteiger partial charge on any atom is -0.300 e. The molecule has 2 aromatic heterocycles. The first-order valence-electron chi connectivity index (χ1n) is 8.88. The van der Waals surface area contributed by atoms with E-state index in [2.05, 4.69) is 0 Å². The Kier molecular flexibility index (Phi) is 5.11. The summed E-state index contributed by atoms with van der Waals surface area (Å²) >= 11 is 7.82. The molecule has 0 N–H and O–H groups in total. The molecule has 140 valence electrons. The maximum absolute atomic E-state index is 13.5. The molecule has 0 atom stereocenters. The van der Waals surface area contributed by atoms with E-state index in [4.69, 9.17) is 16.6 Å². The molecule has 0 saturated heterocycles. The van der Waals surface area contributed by atoms with Crippen molar-refractivity contribution < 1.29 is 4.79 Å². The predicted octanol–water partition coefficient (Wildman–Crippen LogP) is 5.42. The number of aromatic nitrogens is 2. The van der Waals surface area contributed by atoms with Crippen LogP contribution in [0.2, 0.25) is 5.02 Å². The van der Waals surface area contributed by atoms with Crippen LogP contribution in [0.5, 0.6) is 0 Å². The fourth-order valence-corrected chi connectivity index (χ4v) is 4.34. The topological polar surface area (TPSA) is 52.0 Å². The van der Waals surface area contributed by atoms with Crippen molar-refractivity contribution in [1.82, 2.24) is 9.55 Å². The summed E-state index contributed by atoms with van der Waals surface area (Å²) in [5.41, 5.74) is 2.36. The van der Waals surface area contributed by atoms with E-state index < -0.39 is 0 Å². The van der Waals surface area contributed by atoms with Crippen LogP contribution >= 0.6 is 22.9 Å². The lowest BCUT2D eigenvalue weighted by Gasteiger charge is -2.13. The van der Waals surface area contributed by atoms with Crippen molar-refractivity contribution in [3.05, 3.63) is 75.4 Å². The number of Topliss-reactive ketones (excluding diaryl/α,β-unsaturated/α-hetero) is 1. The van der Waals surface area contributed by atoms with Crippen molar-refractivity contribution in [2.24, 2.45) is 0 Å². The number of fused-ring (bicyclic) bond motifs is 1.